The number of aromatic nitrogens is 2. The second-order valence-corrected chi connectivity index (χ2v) is 4.59. The van der Waals surface area contributed by atoms with E-state index >= 15 is 0 Å². The van der Waals surface area contributed by atoms with Crippen LogP contribution in [-0.4, -0.2) is 21.9 Å². The molecule has 0 aliphatic heterocycles. The van der Waals surface area contributed by atoms with Crippen molar-refractivity contribution in [2.24, 2.45) is 5.73 Å². The van der Waals surface area contributed by atoms with Crippen molar-refractivity contribution in [1.29, 1.82) is 0 Å². The Balaban J connectivity index is 2.71. The molecule has 0 saturated carbocycles. The molecule has 1 heterocycles. The number of ether oxygens (including phenoxy) is 1. The lowest BCUT2D eigenvalue weighted by Gasteiger charge is -2.26. The minimum absolute atomic E-state index is 0.227. The fraction of sp³-hybridized carbons (Fsp3) is 0.769. The van der Waals surface area contributed by atoms with E-state index in [0.29, 0.717) is 13.2 Å². The largest absolute Gasteiger partial charge is 0.368 e. The molecule has 0 aliphatic rings. The van der Waals surface area contributed by atoms with Crippen LogP contribution in [-0.2, 0) is 24.3 Å². The first-order valence-corrected chi connectivity index (χ1v) is 6.48. The lowest BCUT2D eigenvalue weighted by Crippen LogP contribution is -2.36. The molecule has 1 unspecified atom stereocenters. The maximum atomic E-state index is 5.93. The Kier molecular flexibility index (Phi) is 5.15. The van der Waals surface area contributed by atoms with Gasteiger partial charge in [-0.25, -0.2) is 0 Å². The molecular weight excluding hydrogens is 214 g/mol. The molecule has 0 saturated heterocycles. The Morgan fingerprint density at radius 1 is 1.41 bits per heavy atom. The van der Waals surface area contributed by atoms with Gasteiger partial charge in [0.2, 0.25) is 0 Å². The third kappa shape index (κ3) is 3.54. The molecule has 1 aromatic rings. The topological polar surface area (TPSA) is 53.1 Å². The normalized spacial score (nSPS) is 14.9. The molecule has 1 aromatic heterocycles. The SMILES string of the molecule is CCc1cc(COC(C)(CC)CN)n(CC)n1. The van der Waals surface area contributed by atoms with Crippen LogP contribution in [0.1, 0.15) is 45.5 Å². The highest BCUT2D eigenvalue weighted by Crippen LogP contribution is 2.17. The third-order valence-electron chi connectivity index (χ3n) is 3.32. The lowest BCUT2D eigenvalue weighted by atomic mass is 10.0. The fourth-order valence-electron chi connectivity index (χ4n) is 1.63. The summed E-state index contributed by atoms with van der Waals surface area (Å²) in [4.78, 5) is 0. The van der Waals surface area contributed by atoms with Crippen LogP contribution in [0.15, 0.2) is 6.07 Å². The zero-order valence-corrected chi connectivity index (χ0v) is 11.5. The van der Waals surface area contributed by atoms with Crippen molar-refractivity contribution >= 4 is 0 Å². The number of nitrogens with two attached hydrogens (primary N) is 1. The first-order valence-electron chi connectivity index (χ1n) is 6.48. The van der Waals surface area contributed by atoms with Crippen molar-refractivity contribution in [2.45, 2.75) is 59.3 Å². The summed E-state index contributed by atoms with van der Waals surface area (Å²) < 4.78 is 7.93. The predicted octanol–water partition coefficient (Wildman–Crippen LogP) is 2.11. The highest BCUT2D eigenvalue weighted by Gasteiger charge is 2.21. The summed E-state index contributed by atoms with van der Waals surface area (Å²) in [6.07, 6.45) is 1.88. The van der Waals surface area contributed by atoms with Crippen LogP contribution >= 0.6 is 0 Å². The molecule has 1 atom stereocenters. The standard InChI is InChI=1S/C13H25N3O/c1-5-11-8-12(16(7-3)15-11)9-17-13(4,6-2)10-14/h8H,5-7,9-10,14H2,1-4H3. The maximum Gasteiger partial charge on any atom is 0.0892 e. The van der Waals surface area contributed by atoms with Gasteiger partial charge in [-0.15, -0.1) is 0 Å². The second kappa shape index (κ2) is 6.17. The van der Waals surface area contributed by atoms with Gasteiger partial charge >= 0.3 is 0 Å². The minimum Gasteiger partial charge on any atom is -0.368 e. The highest BCUT2D eigenvalue weighted by atomic mass is 16.5. The monoisotopic (exact) mass is 239 g/mol. The van der Waals surface area contributed by atoms with Crippen molar-refractivity contribution in [3.8, 4) is 0 Å². The summed E-state index contributed by atoms with van der Waals surface area (Å²) in [6, 6.07) is 2.12. The van der Waals surface area contributed by atoms with E-state index < -0.39 is 0 Å². The van der Waals surface area contributed by atoms with E-state index in [2.05, 4.69) is 38.9 Å². The molecule has 4 nitrogen and oxygen atoms in total. The van der Waals surface area contributed by atoms with Crippen LogP contribution in [0.25, 0.3) is 0 Å². The van der Waals surface area contributed by atoms with Crippen LogP contribution in [0.4, 0.5) is 0 Å². The molecule has 98 valence electrons. The first-order chi connectivity index (χ1) is 8.08. The van der Waals surface area contributed by atoms with Gasteiger partial charge in [0.15, 0.2) is 0 Å². The summed E-state index contributed by atoms with van der Waals surface area (Å²) in [7, 11) is 0. The van der Waals surface area contributed by atoms with Gasteiger partial charge in [-0.3, -0.25) is 4.68 Å². The highest BCUT2D eigenvalue weighted by molar-refractivity contribution is 5.09. The first kappa shape index (κ1) is 14.2. The molecule has 0 fully saturated rings. The molecule has 0 aromatic carbocycles. The Labute approximate surface area is 104 Å². The molecule has 0 amide bonds. The van der Waals surface area contributed by atoms with Crippen LogP contribution in [0.5, 0.6) is 0 Å². The summed E-state index contributed by atoms with van der Waals surface area (Å²) >= 11 is 0. The number of aryl methyl sites for hydroxylation is 2. The number of hydrogen-bond acceptors (Lipinski definition) is 3. The zero-order chi connectivity index (χ0) is 12.9. The van der Waals surface area contributed by atoms with Gasteiger partial charge in [-0.1, -0.05) is 13.8 Å². The Morgan fingerprint density at radius 3 is 2.59 bits per heavy atom. The summed E-state index contributed by atoms with van der Waals surface area (Å²) in [5.74, 6) is 0. The molecule has 1 rings (SSSR count). The molecule has 17 heavy (non-hydrogen) atoms. The summed E-state index contributed by atoms with van der Waals surface area (Å²) in [5.41, 5.74) is 7.77. The van der Waals surface area contributed by atoms with Crippen LogP contribution < -0.4 is 5.73 Å². The molecule has 2 N–H and O–H groups in total. The fourth-order valence-corrected chi connectivity index (χ4v) is 1.63. The van der Waals surface area contributed by atoms with E-state index in [9.17, 15) is 0 Å². The van der Waals surface area contributed by atoms with Gasteiger partial charge in [-0.2, -0.15) is 5.10 Å². The van der Waals surface area contributed by atoms with E-state index in [1.807, 2.05) is 4.68 Å². The maximum absolute atomic E-state index is 5.93. The second-order valence-electron chi connectivity index (χ2n) is 4.59. The molecular formula is C13H25N3O. The Hall–Kier alpha value is -0.870. The average molecular weight is 239 g/mol. The van der Waals surface area contributed by atoms with E-state index in [1.54, 1.807) is 0 Å². The number of rotatable bonds is 7. The minimum atomic E-state index is -0.227. The van der Waals surface area contributed by atoms with Crippen molar-refractivity contribution < 1.29 is 4.74 Å². The smallest absolute Gasteiger partial charge is 0.0892 e. The summed E-state index contributed by atoms with van der Waals surface area (Å²) in [5, 5.41) is 4.50. The van der Waals surface area contributed by atoms with E-state index in [4.69, 9.17) is 10.5 Å². The zero-order valence-electron chi connectivity index (χ0n) is 11.5. The average Bonchev–Trinajstić information content (AvgIpc) is 2.78. The van der Waals surface area contributed by atoms with E-state index in [1.165, 1.54) is 0 Å². The van der Waals surface area contributed by atoms with E-state index in [-0.39, 0.29) is 5.60 Å². The van der Waals surface area contributed by atoms with Gasteiger partial charge in [-0.05, 0) is 32.8 Å². The van der Waals surface area contributed by atoms with E-state index in [0.717, 1.165) is 30.8 Å². The predicted molar refractivity (Wildman–Crippen MR) is 69.8 cm³/mol. The van der Waals surface area contributed by atoms with Gasteiger partial charge in [0.05, 0.1) is 23.6 Å². The van der Waals surface area contributed by atoms with Crippen LogP contribution in [0.3, 0.4) is 0 Å². The van der Waals surface area contributed by atoms with Gasteiger partial charge in [0, 0.05) is 13.1 Å². The van der Waals surface area contributed by atoms with Gasteiger partial charge in [0.25, 0.3) is 0 Å². The van der Waals surface area contributed by atoms with Crippen LogP contribution in [0, 0.1) is 0 Å². The Morgan fingerprint density at radius 2 is 2.12 bits per heavy atom. The molecule has 0 radical (unpaired) electrons. The Bertz CT molecular complexity index is 342. The molecule has 0 spiro atoms. The van der Waals surface area contributed by atoms with Gasteiger partial charge < -0.3 is 10.5 Å². The molecule has 0 bridgehead atoms. The van der Waals surface area contributed by atoms with Crippen molar-refractivity contribution in [2.75, 3.05) is 6.54 Å². The number of nitrogens with zero attached hydrogens (tertiary/aromatic N) is 2. The molecule has 4 heteroatoms. The molecule has 0 aliphatic carbocycles. The quantitative estimate of drug-likeness (QED) is 0.793. The number of hydrogen-bond donors (Lipinski definition) is 1. The van der Waals surface area contributed by atoms with Crippen molar-refractivity contribution in [3.05, 3.63) is 17.5 Å². The lowest BCUT2D eigenvalue weighted by molar-refractivity contribution is -0.0414. The van der Waals surface area contributed by atoms with Gasteiger partial charge in [0.1, 0.15) is 0 Å². The third-order valence-corrected chi connectivity index (χ3v) is 3.32. The summed E-state index contributed by atoms with van der Waals surface area (Å²) in [6.45, 7) is 10.4. The van der Waals surface area contributed by atoms with Crippen LogP contribution in [0.2, 0.25) is 0 Å². The van der Waals surface area contributed by atoms with Crippen molar-refractivity contribution in [3.63, 3.8) is 0 Å². The van der Waals surface area contributed by atoms with Crippen molar-refractivity contribution in [1.82, 2.24) is 9.78 Å².